The van der Waals surface area contributed by atoms with E-state index in [1.807, 2.05) is 24.3 Å². The van der Waals surface area contributed by atoms with Crippen molar-refractivity contribution in [3.05, 3.63) is 29.8 Å². The van der Waals surface area contributed by atoms with E-state index < -0.39 is 0 Å². The second-order valence-electron chi connectivity index (χ2n) is 4.87. The van der Waals surface area contributed by atoms with Crippen molar-refractivity contribution >= 4 is 0 Å². The molecular formula is C14H20O2. The molecule has 0 saturated heterocycles. The molecule has 2 heteroatoms. The Morgan fingerprint density at radius 3 is 2.69 bits per heavy atom. The second kappa shape index (κ2) is 4.88. The molecule has 1 aromatic rings. The van der Waals surface area contributed by atoms with Crippen LogP contribution in [0.25, 0.3) is 0 Å². The van der Waals surface area contributed by atoms with Gasteiger partial charge in [-0.25, -0.2) is 0 Å². The smallest absolute Gasteiger partial charge is 0.124 e. The van der Waals surface area contributed by atoms with Crippen LogP contribution in [0.15, 0.2) is 24.3 Å². The van der Waals surface area contributed by atoms with Gasteiger partial charge in [0, 0.05) is 5.56 Å². The lowest BCUT2D eigenvalue weighted by Crippen LogP contribution is -2.10. The first-order chi connectivity index (χ1) is 7.72. The van der Waals surface area contributed by atoms with E-state index in [2.05, 4.69) is 6.92 Å². The first-order valence-corrected chi connectivity index (χ1v) is 6.03. The molecule has 1 aliphatic carbocycles. The third-order valence-corrected chi connectivity index (χ3v) is 3.64. The predicted molar refractivity (Wildman–Crippen MR) is 64.5 cm³/mol. The Hall–Kier alpha value is -1.02. The Balaban J connectivity index is 2.16. The Morgan fingerprint density at radius 2 is 2.06 bits per heavy atom. The lowest BCUT2D eigenvalue weighted by molar-refractivity contribution is 0.107. The summed E-state index contributed by atoms with van der Waals surface area (Å²) in [6.45, 7) is 2.26. The van der Waals surface area contributed by atoms with Crippen LogP contribution in [-0.4, -0.2) is 12.2 Å². The van der Waals surface area contributed by atoms with Gasteiger partial charge in [-0.1, -0.05) is 31.5 Å². The van der Waals surface area contributed by atoms with Crippen LogP contribution in [0.2, 0.25) is 0 Å². The van der Waals surface area contributed by atoms with Gasteiger partial charge < -0.3 is 9.84 Å². The average molecular weight is 220 g/mol. The highest BCUT2D eigenvalue weighted by Crippen LogP contribution is 2.40. The minimum Gasteiger partial charge on any atom is -0.496 e. The lowest BCUT2D eigenvalue weighted by Gasteiger charge is -2.20. The molecule has 0 heterocycles. The molecule has 0 radical (unpaired) electrons. The summed E-state index contributed by atoms with van der Waals surface area (Å²) >= 11 is 0. The van der Waals surface area contributed by atoms with Crippen LogP contribution in [0, 0.1) is 11.8 Å². The van der Waals surface area contributed by atoms with Crippen LogP contribution < -0.4 is 4.74 Å². The molecule has 3 unspecified atom stereocenters. The summed E-state index contributed by atoms with van der Waals surface area (Å²) in [6.07, 6.45) is 3.11. The molecule has 2 nitrogen and oxygen atoms in total. The SMILES string of the molecule is COc1ccccc1C(O)C1CCC(C)C1. The second-order valence-corrected chi connectivity index (χ2v) is 4.87. The maximum atomic E-state index is 10.4. The molecule has 1 aliphatic rings. The number of hydrogen-bond acceptors (Lipinski definition) is 2. The topological polar surface area (TPSA) is 29.5 Å². The molecule has 2 rings (SSSR count). The molecule has 1 N–H and O–H groups in total. The monoisotopic (exact) mass is 220 g/mol. The van der Waals surface area contributed by atoms with E-state index in [4.69, 9.17) is 4.74 Å². The van der Waals surface area contributed by atoms with Gasteiger partial charge in [0.1, 0.15) is 5.75 Å². The fourth-order valence-electron chi connectivity index (χ4n) is 2.70. The van der Waals surface area contributed by atoms with Gasteiger partial charge in [0.15, 0.2) is 0 Å². The third-order valence-electron chi connectivity index (χ3n) is 3.64. The average Bonchev–Trinajstić information content (AvgIpc) is 2.75. The summed E-state index contributed by atoms with van der Waals surface area (Å²) in [7, 11) is 1.66. The fourth-order valence-corrected chi connectivity index (χ4v) is 2.70. The van der Waals surface area contributed by atoms with Gasteiger partial charge in [0.25, 0.3) is 0 Å². The van der Waals surface area contributed by atoms with Crippen LogP contribution in [0.3, 0.4) is 0 Å². The number of benzene rings is 1. The molecule has 88 valence electrons. The highest BCUT2D eigenvalue weighted by molar-refractivity contribution is 5.35. The van der Waals surface area contributed by atoms with Gasteiger partial charge in [-0.05, 0) is 30.7 Å². The molecule has 0 amide bonds. The van der Waals surface area contributed by atoms with Crippen LogP contribution in [0.1, 0.15) is 37.9 Å². The number of rotatable bonds is 3. The van der Waals surface area contributed by atoms with Crippen molar-refractivity contribution in [2.45, 2.75) is 32.3 Å². The highest BCUT2D eigenvalue weighted by Gasteiger charge is 2.29. The molecule has 1 fully saturated rings. The zero-order valence-corrected chi connectivity index (χ0v) is 10.0. The normalized spacial score (nSPS) is 26.7. The highest BCUT2D eigenvalue weighted by atomic mass is 16.5. The van der Waals surface area contributed by atoms with Gasteiger partial charge in [-0.3, -0.25) is 0 Å². The van der Waals surface area contributed by atoms with Gasteiger partial charge in [-0.15, -0.1) is 0 Å². The van der Waals surface area contributed by atoms with Crippen molar-refractivity contribution in [2.24, 2.45) is 11.8 Å². The van der Waals surface area contributed by atoms with Gasteiger partial charge in [0.2, 0.25) is 0 Å². The summed E-state index contributed by atoms with van der Waals surface area (Å²) in [5.74, 6) is 1.94. The van der Waals surface area contributed by atoms with E-state index >= 15 is 0 Å². The number of methoxy groups -OCH3 is 1. The van der Waals surface area contributed by atoms with Crippen molar-refractivity contribution in [3.8, 4) is 5.75 Å². The summed E-state index contributed by atoms with van der Waals surface area (Å²) in [5.41, 5.74) is 0.934. The van der Waals surface area contributed by atoms with E-state index in [0.29, 0.717) is 5.92 Å². The van der Waals surface area contributed by atoms with Crippen molar-refractivity contribution in [1.82, 2.24) is 0 Å². The molecule has 1 saturated carbocycles. The zero-order valence-electron chi connectivity index (χ0n) is 10.0. The van der Waals surface area contributed by atoms with Crippen molar-refractivity contribution in [2.75, 3.05) is 7.11 Å². The van der Waals surface area contributed by atoms with E-state index in [1.165, 1.54) is 6.42 Å². The molecule has 0 bridgehead atoms. The summed E-state index contributed by atoms with van der Waals surface area (Å²) in [4.78, 5) is 0. The number of hydrogen-bond donors (Lipinski definition) is 1. The maximum absolute atomic E-state index is 10.4. The van der Waals surface area contributed by atoms with Crippen LogP contribution in [0.5, 0.6) is 5.75 Å². The van der Waals surface area contributed by atoms with E-state index in [1.54, 1.807) is 7.11 Å². The zero-order chi connectivity index (χ0) is 11.5. The number of aliphatic hydroxyl groups is 1. The minimum absolute atomic E-state index is 0.374. The third kappa shape index (κ3) is 2.22. The van der Waals surface area contributed by atoms with Gasteiger partial charge in [-0.2, -0.15) is 0 Å². The minimum atomic E-state index is -0.374. The van der Waals surface area contributed by atoms with E-state index in [-0.39, 0.29) is 6.10 Å². The maximum Gasteiger partial charge on any atom is 0.124 e. The molecular weight excluding hydrogens is 200 g/mol. The Morgan fingerprint density at radius 1 is 1.31 bits per heavy atom. The van der Waals surface area contributed by atoms with Crippen LogP contribution >= 0.6 is 0 Å². The first-order valence-electron chi connectivity index (χ1n) is 6.03. The molecule has 0 spiro atoms. The lowest BCUT2D eigenvalue weighted by atomic mass is 9.93. The molecule has 0 aliphatic heterocycles. The van der Waals surface area contributed by atoms with Crippen LogP contribution in [0.4, 0.5) is 0 Å². The molecule has 3 atom stereocenters. The summed E-state index contributed by atoms with van der Waals surface area (Å²) in [6, 6.07) is 7.77. The quantitative estimate of drug-likeness (QED) is 0.847. The first kappa shape index (κ1) is 11.5. The molecule has 1 aromatic carbocycles. The summed E-state index contributed by atoms with van der Waals surface area (Å²) < 4.78 is 5.29. The van der Waals surface area contributed by atoms with Crippen molar-refractivity contribution in [1.29, 1.82) is 0 Å². The molecule has 16 heavy (non-hydrogen) atoms. The van der Waals surface area contributed by atoms with Crippen molar-refractivity contribution in [3.63, 3.8) is 0 Å². The van der Waals surface area contributed by atoms with E-state index in [9.17, 15) is 5.11 Å². The number of ether oxygens (including phenoxy) is 1. The Kier molecular flexibility index (Phi) is 3.49. The van der Waals surface area contributed by atoms with Crippen molar-refractivity contribution < 1.29 is 9.84 Å². The predicted octanol–water partition coefficient (Wildman–Crippen LogP) is 3.16. The Bertz CT molecular complexity index is 348. The number of aliphatic hydroxyl groups excluding tert-OH is 1. The number of para-hydroxylation sites is 1. The van der Waals surface area contributed by atoms with Gasteiger partial charge in [0.05, 0.1) is 13.2 Å². The fraction of sp³-hybridized carbons (Fsp3) is 0.571. The largest absolute Gasteiger partial charge is 0.496 e. The van der Waals surface area contributed by atoms with Crippen LogP contribution in [-0.2, 0) is 0 Å². The molecule has 0 aromatic heterocycles. The standard InChI is InChI=1S/C14H20O2/c1-10-7-8-11(9-10)14(15)12-5-3-4-6-13(12)16-2/h3-6,10-11,14-15H,7-9H2,1-2H3. The summed E-state index contributed by atoms with van der Waals surface area (Å²) in [5, 5.41) is 10.4. The van der Waals surface area contributed by atoms with Gasteiger partial charge >= 0.3 is 0 Å². The Labute approximate surface area is 97.3 Å². The van der Waals surface area contributed by atoms with E-state index in [0.717, 1.165) is 30.1 Å².